The van der Waals surface area contributed by atoms with Crippen LogP contribution in [-0.4, -0.2) is 18.5 Å². The standard InChI is InChI=1S/C11H14N2OS/c1-8(2)13-11(14)10-9(4-3-6-12)5-7-15-10/h5,7-8H,6,12H2,1-2H3,(H,13,14). The number of nitrogens with one attached hydrogen (secondary N) is 1. The van der Waals surface area contributed by atoms with Crippen molar-refractivity contribution in [3.05, 3.63) is 21.9 Å². The first-order chi connectivity index (χ1) is 7.15. The van der Waals surface area contributed by atoms with Crippen LogP contribution in [0.3, 0.4) is 0 Å². The minimum absolute atomic E-state index is 0.0682. The molecule has 1 aromatic heterocycles. The highest BCUT2D eigenvalue weighted by Gasteiger charge is 2.12. The van der Waals surface area contributed by atoms with Crippen molar-refractivity contribution in [1.29, 1.82) is 0 Å². The van der Waals surface area contributed by atoms with Gasteiger partial charge < -0.3 is 11.1 Å². The van der Waals surface area contributed by atoms with E-state index in [4.69, 9.17) is 5.73 Å². The quantitative estimate of drug-likeness (QED) is 0.739. The Bertz CT molecular complexity index is 398. The monoisotopic (exact) mass is 222 g/mol. The fraction of sp³-hybridized carbons (Fsp3) is 0.364. The third kappa shape index (κ3) is 3.39. The minimum atomic E-state index is -0.0682. The highest BCUT2D eigenvalue weighted by molar-refractivity contribution is 7.12. The van der Waals surface area contributed by atoms with Crippen molar-refractivity contribution in [3.8, 4) is 11.8 Å². The second-order valence-electron chi connectivity index (χ2n) is 3.30. The second kappa shape index (κ2) is 5.54. The lowest BCUT2D eigenvalue weighted by Gasteiger charge is -2.06. The molecule has 4 heteroatoms. The molecule has 0 aliphatic rings. The van der Waals surface area contributed by atoms with Gasteiger partial charge in [0.1, 0.15) is 4.88 Å². The van der Waals surface area contributed by atoms with Gasteiger partial charge in [-0.2, -0.15) is 0 Å². The molecule has 3 N–H and O–H groups in total. The molecule has 0 bridgehead atoms. The number of rotatable bonds is 2. The van der Waals surface area contributed by atoms with E-state index in [0.29, 0.717) is 11.4 Å². The van der Waals surface area contributed by atoms with Crippen LogP contribution in [0.5, 0.6) is 0 Å². The van der Waals surface area contributed by atoms with Crippen molar-refractivity contribution in [1.82, 2.24) is 5.32 Å². The Labute approximate surface area is 93.7 Å². The summed E-state index contributed by atoms with van der Waals surface area (Å²) in [5, 5.41) is 4.69. The Morgan fingerprint density at radius 3 is 3.00 bits per heavy atom. The molecule has 80 valence electrons. The molecular formula is C11H14N2OS. The van der Waals surface area contributed by atoms with E-state index in [0.717, 1.165) is 5.56 Å². The Morgan fingerprint density at radius 2 is 2.40 bits per heavy atom. The average molecular weight is 222 g/mol. The molecule has 0 saturated carbocycles. The summed E-state index contributed by atoms with van der Waals surface area (Å²) in [4.78, 5) is 12.4. The van der Waals surface area contributed by atoms with Gasteiger partial charge in [0.2, 0.25) is 0 Å². The molecular weight excluding hydrogens is 208 g/mol. The predicted molar refractivity (Wildman–Crippen MR) is 62.9 cm³/mol. The summed E-state index contributed by atoms with van der Waals surface area (Å²) in [5.74, 6) is 5.56. The van der Waals surface area contributed by atoms with Crippen LogP contribution in [0.15, 0.2) is 11.4 Å². The van der Waals surface area contributed by atoms with E-state index >= 15 is 0 Å². The fourth-order valence-corrected chi connectivity index (χ4v) is 1.81. The van der Waals surface area contributed by atoms with E-state index in [-0.39, 0.29) is 11.9 Å². The van der Waals surface area contributed by atoms with Crippen molar-refractivity contribution < 1.29 is 4.79 Å². The van der Waals surface area contributed by atoms with Crippen molar-refractivity contribution in [2.75, 3.05) is 6.54 Å². The minimum Gasteiger partial charge on any atom is -0.349 e. The molecule has 0 aliphatic heterocycles. The zero-order valence-corrected chi connectivity index (χ0v) is 9.65. The molecule has 1 rings (SSSR count). The first-order valence-electron chi connectivity index (χ1n) is 4.72. The van der Waals surface area contributed by atoms with Crippen molar-refractivity contribution in [2.45, 2.75) is 19.9 Å². The summed E-state index contributed by atoms with van der Waals surface area (Å²) in [6.07, 6.45) is 0. The summed E-state index contributed by atoms with van der Waals surface area (Å²) >= 11 is 1.39. The first kappa shape index (κ1) is 11.8. The number of hydrogen-bond donors (Lipinski definition) is 2. The summed E-state index contributed by atoms with van der Waals surface area (Å²) in [7, 11) is 0. The van der Waals surface area contributed by atoms with Gasteiger partial charge in [-0.05, 0) is 25.3 Å². The Kier molecular flexibility index (Phi) is 4.35. The number of carbonyl (C=O) groups excluding carboxylic acids is 1. The first-order valence-corrected chi connectivity index (χ1v) is 5.60. The topological polar surface area (TPSA) is 55.1 Å². The Balaban J connectivity index is 2.85. The van der Waals surface area contributed by atoms with Gasteiger partial charge in [0.05, 0.1) is 6.54 Å². The fourth-order valence-electron chi connectivity index (χ4n) is 1.06. The lowest BCUT2D eigenvalue weighted by Crippen LogP contribution is -2.29. The van der Waals surface area contributed by atoms with Gasteiger partial charge >= 0.3 is 0 Å². The molecule has 0 radical (unpaired) electrons. The molecule has 0 saturated heterocycles. The Hall–Kier alpha value is -1.31. The summed E-state index contributed by atoms with van der Waals surface area (Å²) in [6.45, 7) is 4.16. The maximum atomic E-state index is 11.7. The number of thiophene rings is 1. The van der Waals surface area contributed by atoms with Gasteiger partial charge in [-0.1, -0.05) is 11.8 Å². The van der Waals surface area contributed by atoms with Crippen molar-refractivity contribution in [3.63, 3.8) is 0 Å². The van der Waals surface area contributed by atoms with Crippen LogP contribution in [0.4, 0.5) is 0 Å². The van der Waals surface area contributed by atoms with Gasteiger partial charge in [-0.15, -0.1) is 11.3 Å². The maximum Gasteiger partial charge on any atom is 0.262 e. The molecule has 1 aromatic rings. The molecule has 3 nitrogen and oxygen atoms in total. The molecule has 15 heavy (non-hydrogen) atoms. The van der Waals surface area contributed by atoms with E-state index in [9.17, 15) is 4.79 Å². The summed E-state index contributed by atoms with van der Waals surface area (Å²) in [6, 6.07) is 1.97. The normalized spacial score (nSPS) is 9.60. The van der Waals surface area contributed by atoms with Gasteiger partial charge in [-0.3, -0.25) is 4.79 Å². The molecule has 0 aliphatic carbocycles. The summed E-state index contributed by atoms with van der Waals surface area (Å²) in [5.41, 5.74) is 6.03. The zero-order chi connectivity index (χ0) is 11.3. The summed E-state index contributed by atoms with van der Waals surface area (Å²) < 4.78 is 0. The number of carbonyl (C=O) groups is 1. The zero-order valence-electron chi connectivity index (χ0n) is 8.83. The average Bonchev–Trinajstić information content (AvgIpc) is 2.61. The van der Waals surface area contributed by atoms with Crippen LogP contribution >= 0.6 is 11.3 Å². The molecule has 0 fully saturated rings. The maximum absolute atomic E-state index is 11.7. The highest BCUT2D eigenvalue weighted by atomic mass is 32.1. The van der Waals surface area contributed by atoms with Gasteiger partial charge in [0.15, 0.2) is 0 Å². The SMILES string of the molecule is CC(C)NC(=O)c1sccc1C#CCN. The number of amides is 1. The molecule has 1 heterocycles. The van der Waals surface area contributed by atoms with Crippen molar-refractivity contribution >= 4 is 17.2 Å². The van der Waals surface area contributed by atoms with E-state index in [2.05, 4.69) is 17.2 Å². The van der Waals surface area contributed by atoms with E-state index < -0.39 is 0 Å². The largest absolute Gasteiger partial charge is 0.349 e. The van der Waals surface area contributed by atoms with Gasteiger partial charge in [0, 0.05) is 11.6 Å². The smallest absolute Gasteiger partial charge is 0.262 e. The van der Waals surface area contributed by atoms with Gasteiger partial charge in [0.25, 0.3) is 5.91 Å². The van der Waals surface area contributed by atoms with E-state index in [1.807, 2.05) is 25.3 Å². The number of hydrogen-bond acceptors (Lipinski definition) is 3. The Morgan fingerprint density at radius 1 is 1.67 bits per heavy atom. The third-order valence-electron chi connectivity index (χ3n) is 1.62. The molecule has 0 unspecified atom stereocenters. The van der Waals surface area contributed by atoms with Crippen LogP contribution in [0.1, 0.15) is 29.1 Å². The van der Waals surface area contributed by atoms with Crippen LogP contribution in [0.25, 0.3) is 0 Å². The molecule has 0 atom stereocenters. The number of nitrogens with two attached hydrogens (primary N) is 1. The van der Waals surface area contributed by atoms with Crippen LogP contribution in [-0.2, 0) is 0 Å². The van der Waals surface area contributed by atoms with Crippen LogP contribution < -0.4 is 11.1 Å². The highest BCUT2D eigenvalue weighted by Crippen LogP contribution is 2.15. The lowest BCUT2D eigenvalue weighted by molar-refractivity contribution is 0.0947. The van der Waals surface area contributed by atoms with E-state index in [1.54, 1.807) is 0 Å². The predicted octanol–water partition coefficient (Wildman–Crippen LogP) is 1.20. The van der Waals surface area contributed by atoms with Gasteiger partial charge in [-0.25, -0.2) is 0 Å². The lowest BCUT2D eigenvalue weighted by atomic mass is 10.2. The molecule has 0 aromatic carbocycles. The van der Waals surface area contributed by atoms with Crippen molar-refractivity contribution in [2.24, 2.45) is 5.73 Å². The third-order valence-corrected chi connectivity index (χ3v) is 2.53. The molecule has 1 amide bonds. The molecule has 0 spiro atoms. The van der Waals surface area contributed by atoms with Crippen LogP contribution in [0, 0.1) is 11.8 Å². The second-order valence-corrected chi connectivity index (χ2v) is 4.21. The van der Waals surface area contributed by atoms with Crippen LogP contribution in [0.2, 0.25) is 0 Å². The van der Waals surface area contributed by atoms with E-state index in [1.165, 1.54) is 11.3 Å².